The molecular formula is C10H7Cl3N2O4. The van der Waals surface area contributed by atoms with Gasteiger partial charge < -0.3 is 9.94 Å². The van der Waals surface area contributed by atoms with Crippen molar-refractivity contribution in [1.29, 1.82) is 0 Å². The average Bonchev–Trinajstić information content (AvgIpc) is 2.73. The molecule has 6 nitrogen and oxygen atoms in total. The highest BCUT2D eigenvalue weighted by molar-refractivity contribution is 6.68. The molecule has 2 rings (SSSR count). The molecule has 0 aromatic heterocycles. The first kappa shape index (κ1) is 14.3. The SMILES string of the molecule is O=[N+]([O-])c1ccc(C2=NOC(O)(C(Cl)(Cl)Cl)C2)cc1. The Kier molecular flexibility index (Phi) is 3.61. The maximum atomic E-state index is 10.5. The van der Waals surface area contributed by atoms with Gasteiger partial charge in [-0.1, -0.05) is 40.0 Å². The molecule has 0 spiro atoms. The summed E-state index contributed by atoms with van der Waals surface area (Å²) in [4.78, 5) is 14.8. The third-order valence-corrected chi connectivity index (χ3v) is 3.45. The molecule has 1 N–H and O–H groups in total. The third-order valence-electron chi connectivity index (χ3n) is 2.57. The van der Waals surface area contributed by atoms with Crippen molar-refractivity contribution in [3.63, 3.8) is 0 Å². The molecule has 0 saturated carbocycles. The van der Waals surface area contributed by atoms with Crippen LogP contribution in [0.5, 0.6) is 0 Å². The average molecular weight is 326 g/mol. The second-order valence-corrected chi connectivity index (χ2v) is 6.17. The zero-order valence-electron chi connectivity index (χ0n) is 9.22. The Hall–Kier alpha value is -1.08. The summed E-state index contributed by atoms with van der Waals surface area (Å²) in [5, 5.41) is 24.1. The number of oxime groups is 1. The van der Waals surface area contributed by atoms with Crippen molar-refractivity contribution in [2.75, 3.05) is 0 Å². The summed E-state index contributed by atoms with van der Waals surface area (Å²) in [7, 11) is 0. The molecule has 1 aromatic rings. The van der Waals surface area contributed by atoms with Crippen molar-refractivity contribution >= 4 is 46.2 Å². The number of alkyl halides is 3. The molecule has 1 aliphatic rings. The van der Waals surface area contributed by atoms with Crippen LogP contribution in [0, 0.1) is 10.1 Å². The fourth-order valence-electron chi connectivity index (χ4n) is 1.50. The largest absolute Gasteiger partial charge is 0.355 e. The molecule has 0 fully saturated rings. The van der Waals surface area contributed by atoms with Crippen LogP contribution in [-0.4, -0.2) is 25.3 Å². The van der Waals surface area contributed by atoms with Gasteiger partial charge in [-0.05, 0) is 12.1 Å². The zero-order chi connectivity index (χ0) is 14.3. The number of nitrogens with zero attached hydrogens (tertiary/aromatic N) is 2. The minimum atomic E-state index is -2.06. The van der Waals surface area contributed by atoms with Crippen LogP contribution in [0.1, 0.15) is 12.0 Å². The van der Waals surface area contributed by atoms with Crippen LogP contribution in [0.2, 0.25) is 0 Å². The lowest BCUT2D eigenvalue weighted by molar-refractivity contribution is -0.384. The summed E-state index contributed by atoms with van der Waals surface area (Å²) < 4.78 is -2.06. The van der Waals surface area contributed by atoms with Crippen LogP contribution in [0.4, 0.5) is 5.69 Å². The van der Waals surface area contributed by atoms with Gasteiger partial charge in [0.15, 0.2) is 0 Å². The molecule has 0 aliphatic carbocycles. The van der Waals surface area contributed by atoms with Gasteiger partial charge in [-0.15, -0.1) is 0 Å². The Morgan fingerprint density at radius 3 is 2.37 bits per heavy atom. The summed E-state index contributed by atoms with van der Waals surface area (Å²) in [6.45, 7) is 0. The molecule has 102 valence electrons. The second-order valence-electron chi connectivity index (χ2n) is 3.89. The lowest BCUT2D eigenvalue weighted by Crippen LogP contribution is -2.42. The molecule has 1 unspecified atom stereocenters. The van der Waals surface area contributed by atoms with E-state index in [0.29, 0.717) is 11.3 Å². The van der Waals surface area contributed by atoms with Crippen molar-refractivity contribution in [2.45, 2.75) is 16.0 Å². The molecule has 9 heteroatoms. The molecular weight excluding hydrogens is 318 g/mol. The van der Waals surface area contributed by atoms with Crippen LogP contribution >= 0.6 is 34.8 Å². The number of hydrogen-bond acceptors (Lipinski definition) is 5. The minimum Gasteiger partial charge on any atom is -0.355 e. The Balaban J connectivity index is 2.19. The van der Waals surface area contributed by atoms with Gasteiger partial charge in [0.2, 0.25) is 0 Å². The van der Waals surface area contributed by atoms with E-state index in [2.05, 4.69) is 5.16 Å². The van der Waals surface area contributed by atoms with E-state index in [1.165, 1.54) is 24.3 Å². The van der Waals surface area contributed by atoms with E-state index < -0.39 is 14.5 Å². The number of rotatable bonds is 2. The molecule has 0 saturated heterocycles. The minimum absolute atomic E-state index is 0.0556. The zero-order valence-corrected chi connectivity index (χ0v) is 11.5. The van der Waals surface area contributed by atoms with E-state index in [9.17, 15) is 15.2 Å². The number of nitro groups is 1. The fourth-order valence-corrected chi connectivity index (χ4v) is 1.81. The third kappa shape index (κ3) is 2.76. The first-order valence-electron chi connectivity index (χ1n) is 5.02. The van der Waals surface area contributed by atoms with Crippen LogP contribution in [0.3, 0.4) is 0 Å². The first-order valence-corrected chi connectivity index (χ1v) is 6.15. The number of nitro benzene ring substituents is 1. The van der Waals surface area contributed by atoms with Gasteiger partial charge in [0, 0.05) is 17.7 Å². The predicted molar refractivity (Wildman–Crippen MR) is 70.6 cm³/mol. The highest BCUT2D eigenvalue weighted by Gasteiger charge is 2.54. The van der Waals surface area contributed by atoms with Gasteiger partial charge >= 0.3 is 0 Å². The summed E-state index contributed by atoms with van der Waals surface area (Å²) in [6.07, 6.45) is -0.138. The quantitative estimate of drug-likeness (QED) is 0.515. The lowest BCUT2D eigenvalue weighted by atomic mass is 10.0. The molecule has 0 bridgehead atoms. The van der Waals surface area contributed by atoms with E-state index in [0.717, 1.165) is 0 Å². The smallest absolute Gasteiger partial charge is 0.287 e. The van der Waals surface area contributed by atoms with Crippen molar-refractivity contribution in [2.24, 2.45) is 5.16 Å². The molecule has 1 aromatic carbocycles. The molecule has 0 radical (unpaired) electrons. The molecule has 19 heavy (non-hydrogen) atoms. The number of non-ortho nitro benzene ring substituents is 1. The van der Waals surface area contributed by atoms with E-state index in [4.69, 9.17) is 39.6 Å². The highest BCUT2D eigenvalue weighted by atomic mass is 35.6. The normalized spacial score (nSPS) is 22.8. The lowest BCUT2D eigenvalue weighted by Gasteiger charge is -2.26. The molecule has 1 atom stereocenters. The van der Waals surface area contributed by atoms with Crippen molar-refractivity contribution in [1.82, 2.24) is 0 Å². The van der Waals surface area contributed by atoms with Gasteiger partial charge in [-0.3, -0.25) is 10.1 Å². The Labute approximate surface area is 122 Å². The topological polar surface area (TPSA) is 85.0 Å². The van der Waals surface area contributed by atoms with Crippen LogP contribution in [0.15, 0.2) is 29.4 Å². The summed E-state index contributed by atoms with van der Waals surface area (Å²) >= 11 is 16.8. The maximum absolute atomic E-state index is 10.5. The van der Waals surface area contributed by atoms with Gasteiger partial charge in [0.05, 0.1) is 17.1 Å². The summed E-state index contributed by atoms with van der Waals surface area (Å²) in [5.74, 6) is -2.05. The van der Waals surface area contributed by atoms with Crippen LogP contribution in [-0.2, 0) is 4.84 Å². The van der Waals surface area contributed by atoms with E-state index in [-0.39, 0.29) is 12.1 Å². The van der Waals surface area contributed by atoms with Gasteiger partial charge in [-0.25, -0.2) is 0 Å². The standard InChI is InChI=1S/C10H7Cl3N2O4/c11-10(12,13)9(16)5-8(14-19-9)6-1-3-7(4-2-6)15(17)18/h1-4,16H,5H2. The molecule has 1 heterocycles. The number of aliphatic hydroxyl groups is 1. The molecule has 0 amide bonds. The van der Waals surface area contributed by atoms with Crippen LogP contribution in [0.25, 0.3) is 0 Å². The van der Waals surface area contributed by atoms with Crippen molar-refractivity contribution in [3.8, 4) is 0 Å². The first-order chi connectivity index (χ1) is 8.73. The highest BCUT2D eigenvalue weighted by Crippen LogP contribution is 2.44. The van der Waals surface area contributed by atoms with Crippen molar-refractivity contribution < 1.29 is 14.9 Å². The van der Waals surface area contributed by atoms with Crippen molar-refractivity contribution in [3.05, 3.63) is 39.9 Å². The number of hydrogen-bond donors (Lipinski definition) is 1. The second kappa shape index (κ2) is 4.79. The summed E-state index contributed by atoms with van der Waals surface area (Å²) in [6, 6.07) is 5.57. The molecule has 1 aliphatic heterocycles. The predicted octanol–water partition coefficient (Wildman–Crippen LogP) is 2.78. The summed E-state index contributed by atoms with van der Waals surface area (Å²) in [5.41, 5.74) is 0.819. The maximum Gasteiger partial charge on any atom is 0.287 e. The van der Waals surface area contributed by atoms with E-state index >= 15 is 0 Å². The fraction of sp³-hybridized carbons (Fsp3) is 0.300. The van der Waals surface area contributed by atoms with Gasteiger partial charge in [0.25, 0.3) is 15.3 Å². The van der Waals surface area contributed by atoms with E-state index in [1.54, 1.807) is 0 Å². The van der Waals surface area contributed by atoms with Gasteiger partial charge in [-0.2, -0.15) is 0 Å². The van der Waals surface area contributed by atoms with Gasteiger partial charge in [0.1, 0.15) is 0 Å². The Bertz CT molecular complexity index is 541. The monoisotopic (exact) mass is 324 g/mol. The van der Waals surface area contributed by atoms with Crippen LogP contribution < -0.4 is 0 Å². The van der Waals surface area contributed by atoms with E-state index in [1.807, 2.05) is 0 Å². The Morgan fingerprint density at radius 1 is 1.37 bits per heavy atom. The number of halogens is 3. The number of benzene rings is 1. The Morgan fingerprint density at radius 2 is 1.95 bits per heavy atom.